The predicted molar refractivity (Wildman–Crippen MR) is 88.1 cm³/mol. The van der Waals surface area contributed by atoms with Crippen molar-refractivity contribution in [3.63, 3.8) is 0 Å². The Labute approximate surface area is 130 Å². The Kier molecular flexibility index (Phi) is 5.64. The van der Waals surface area contributed by atoms with Crippen LogP contribution in [0, 0.1) is 0 Å². The minimum absolute atomic E-state index is 0.0615. The molecule has 0 atom stereocenters. The van der Waals surface area contributed by atoms with Gasteiger partial charge in [0.1, 0.15) is 0 Å². The van der Waals surface area contributed by atoms with E-state index in [1.807, 2.05) is 55.5 Å². The minimum Gasteiger partial charge on any atom is -0.385 e. The van der Waals surface area contributed by atoms with E-state index in [1.54, 1.807) is 0 Å². The Bertz CT molecular complexity index is 613. The molecule has 0 aliphatic carbocycles. The molecular formula is C17H19ClN2O. The van der Waals surface area contributed by atoms with E-state index in [2.05, 4.69) is 10.6 Å². The van der Waals surface area contributed by atoms with Crippen LogP contribution < -0.4 is 10.6 Å². The first-order valence-electron chi connectivity index (χ1n) is 7.06. The number of hydrogen-bond acceptors (Lipinski definition) is 2. The number of carbonyl (C=O) groups excluding carboxylic acids is 1. The number of anilines is 1. The molecule has 0 aliphatic heterocycles. The smallest absolute Gasteiger partial charge is 0.253 e. The fourth-order valence-electron chi connectivity index (χ4n) is 2.13. The van der Waals surface area contributed by atoms with Gasteiger partial charge < -0.3 is 10.6 Å². The number of para-hydroxylation sites is 1. The van der Waals surface area contributed by atoms with Crippen LogP contribution in [0.5, 0.6) is 0 Å². The van der Waals surface area contributed by atoms with Crippen molar-refractivity contribution in [2.75, 3.05) is 18.4 Å². The number of nitrogens with one attached hydrogen (secondary N) is 2. The molecule has 0 radical (unpaired) electrons. The fourth-order valence-corrected chi connectivity index (χ4v) is 2.35. The van der Waals surface area contributed by atoms with Crippen LogP contribution in [0.25, 0.3) is 0 Å². The van der Waals surface area contributed by atoms with Crippen molar-refractivity contribution in [3.8, 4) is 0 Å². The zero-order chi connectivity index (χ0) is 15.1. The highest BCUT2D eigenvalue weighted by atomic mass is 35.5. The predicted octanol–water partition coefficient (Wildman–Crippen LogP) is 3.74. The summed E-state index contributed by atoms with van der Waals surface area (Å²) < 4.78 is 0. The molecule has 0 bridgehead atoms. The van der Waals surface area contributed by atoms with Gasteiger partial charge in [-0.2, -0.15) is 0 Å². The highest BCUT2D eigenvalue weighted by Gasteiger charge is 2.09. The second kappa shape index (κ2) is 7.70. The summed E-state index contributed by atoms with van der Waals surface area (Å²) in [6, 6.07) is 15.2. The van der Waals surface area contributed by atoms with Crippen molar-refractivity contribution in [2.24, 2.45) is 0 Å². The molecule has 0 unspecified atom stereocenters. The lowest BCUT2D eigenvalue weighted by atomic mass is 10.1. The molecule has 2 aromatic rings. The van der Waals surface area contributed by atoms with Crippen molar-refractivity contribution in [2.45, 2.75) is 13.3 Å². The van der Waals surface area contributed by atoms with Gasteiger partial charge in [0.25, 0.3) is 5.91 Å². The molecule has 0 aliphatic rings. The van der Waals surface area contributed by atoms with Crippen LogP contribution >= 0.6 is 11.6 Å². The molecule has 2 aromatic carbocycles. The van der Waals surface area contributed by atoms with Gasteiger partial charge >= 0.3 is 0 Å². The molecule has 0 spiro atoms. The second-order valence-electron chi connectivity index (χ2n) is 4.71. The molecule has 2 N–H and O–H groups in total. The third-order valence-corrected chi connectivity index (χ3v) is 3.36. The van der Waals surface area contributed by atoms with Gasteiger partial charge in [0.05, 0.1) is 5.56 Å². The Hall–Kier alpha value is -2.00. The molecule has 0 heterocycles. The molecular weight excluding hydrogens is 284 g/mol. The summed E-state index contributed by atoms with van der Waals surface area (Å²) in [6.07, 6.45) is 0.760. The van der Waals surface area contributed by atoms with Crippen LogP contribution in [-0.2, 0) is 6.42 Å². The van der Waals surface area contributed by atoms with Crippen molar-refractivity contribution < 1.29 is 4.79 Å². The van der Waals surface area contributed by atoms with E-state index in [-0.39, 0.29) is 5.91 Å². The van der Waals surface area contributed by atoms with Crippen LogP contribution in [0.3, 0.4) is 0 Å². The monoisotopic (exact) mass is 302 g/mol. The number of carbonyl (C=O) groups is 1. The molecule has 2 rings (SSSR count). The van der Waals surface area contributed by atoms with Crippen LogP contribution in [-0.4, -0.2) is 19.0 Å². The van der Waals surface area contributed by atoms with Gasteiger partial charge in [0.15, 0.2) is 0 Å². The molecule has 0 saturated carbocycles. The quantitative estimate of drug-likeness (QED) is 0.853. The maximum atomic E-state index is 12.2. The maximum Gasteiger partial charge on any atom is 0.253 e. The first-order chi connectivity index (χ1) is 10.2. The van der Waals surface area contributed by atoms with Gasteiger partial charge in [-0.15, -0.1) is 0 Å². The summed E-state index contributed by atoms with van der Waals surface area (Å²) in [5.41, 5.74) is 2.65. The zero-order valence-corrected chi connectivity index (χ0v) is 12.8. The summed E-state index contributed by atoms with van der Waals surface area (Å²) in [4.78, 5) is 12.2. The van der Waals surface area contributed by atoms with Gasteiger partial charge in [-0.3, -0.25) is 4.79 Å². The Morgan fingerprint density at radius 2 is 1.95 bits per heavy atom. The Balaban J connectivity index is 1.93. The van der Waals surface area contributed by atoms with E-state index >= 15 is 0 Å². The number of amides is 1. The first-order valence-corrected chi connectivity index (χ1v) is 7.44. The lowest BCUT2D eigenvalue weighted by Crippen LogP contribution is -2.26. The highest BCUT2D eigenvalue weighted by Crippen LogP contribution is 2.14. The number of halogens is 1. The summed E-state index contributed by atoms with van der Waals surface area (Å²) in [5, 5.41) is 6.86. The molecule has 0 fully saturated rings. The van der Waals surface area contributed by atoms with E-state index in [4.69, 9.17) is 11.6 Å². The van der Waals surface area contributed by atoms with E-state index in [9.17, 15) is 4.79 Å². The maximum absolute atomic E-state index is 12.2. The van der Waals surface area contributed by atoms with Crippen LogP contribution in [0.15, 0.2) is 48.5 Å². The average Bonchev–Trinajstić information content (AvgIpc) is 2.48. The number of benzene rings is 2. The average molecular weight is 303 g/mol. The van der Waals surface area contributed by atoms with E-state index in [0.29, 0.717) is 12.1 Å². The van der Waals surface area contributed by atoms with E-state index in [1.165, 1.54) is 0 Å². The largest absolute Gasteiger partial charge is 0.385 e. The summed E-state index contributed by atoms with van der Waals surface area (Å²) in [6.45, 7) is 3.38. The van der Waals surface area contributed by atoms with Crippen LogP contribution in [0.4, 0.5) is 5.69 Å². The summed E-state index contributed by atoms with van der Waals surface area (Å²) in [7, 11) is 0. The molecule has 0 saturated heterocycles. The van der Waals surface area contributed by atoms with Gasteiger partial charge in [-0.25, -0.2) is 0 Å². The van der Waals surface area contributed by atoms with Crippen molar-refractivity contribution >= 4 is 23.2 Å². The Morgan fingerprint density at radius 3 is 2.71 bits per heavy atom. The van der Waals surface area contributed by atoms with Crippen molar-refractivity contribution in [1.82, 2.24) is 5.32 Å². The highest BCUT2D eigenvalue weighted by molar-refractivity contribution is 6.30. The number of rotatable bonds is 6. The van der Waals surface area contributed by atoms with Crippen LogP contribution in [0.2, 0.25) is 5.02 Å². The van der Waals surface area contributed by atoms with Crippen molar-refractivity contribution in [1.29, 1.82) is 0 Å². The van der Waals surface area contributed by atoms with Gasteiger partial charge in [-0.05, 0) is 43.2 Å². The van der Waals surface area contributed by atoms with Gasteiger partial charge in [0.2, 0.25) is 0 Å². The molecule has 110 valence electrons. The minimum atomic E-state index is -0.0615. The topological polar surface area (TPSA) is 41.1 Å². The van der Waals surface area contributed by atoms with Crippen LogP contribution in [0.1, 0.15) is 22.8 Å². The fraction of sp³-hybridized carbons (Fsp3) is 0.235. The summed E-state index contributed by atoms with van der Waals surface area (Å²) in [5.74, 6) is -0.0615. The van der Waals surface area contributed by atoms with E-state index < -0.39 is 0 Å². The second-order valence-corrected chi connectivity index (χ2v) is 5.15. The SMILES string of the molecule is CCNc1ccccc1C(=O)NCCc1cccc(Cl)c1. The normalized spacial score (nSPS) is 10.2. The first kappa shape index (κ1) is 15.4. The molecule has 3 nitrogen and oxygen atoms in total. The lowest BCUT2D eigenvalue weighted by molar-refractivity contribution is 0.0955. The molecule has 0 aromatic heterocycles. The standard InChI is InChI=1S/C17H19ClN2O/c1-2-19-16-9-4-3-8-15(16)17(21)20-11-10-13-6-5-7-14(18)12-13/h3-9,12,19H,2,10-11H2,1H3,(H,20,21). The zero-order valence-electron chi connectivity index (χ0n) is 12.0. The third-order valence-electron chi connectivity index (χ3n) is 3.13. The van der Waals surface area contributed by atoms with Gasteiger partial charge in [-0.1, -0.05) is 35.9 Å². The van der Waals surface area contributed by atoms with E-state index in [0.717, 1.165) is 29.2 Å². The number of hydrogen-bond donors (Lipinski definition) is 2. The van der Waals surface area contributed by atoms with Crippen molar-refractivity contribution in [3.05, 3.63) is 64.7 Å². The Morgan fingerprint density at radius 1 is 1.14 bits per heavy atom. The lowest BCUT2D eigenvalue weighted by Gasteiger charge is -2.11. The third kappa shape index (κ3) is 4.50. The summed E-state index contributed by atoms with van der Waals surface area (Å²) >= 11 is 5.94. The van der Waals surface area contributed by atoms with Gasteiger partial charge in [0, 0.05) is 23.8 Å². The molecule has 21 heavy (non-hydrogen) atoms. The molecule has 1 amide bonds. The molecule has 4 heteroatoms.